The van der Waals surface area contributed by atoms with E-state index < -0.39 is 10.0 Å². The summed E-state index contributed by atoms with van der Waals surface area (Å²) in [6, 6.07) is 15.8. The molecule has 0 aliphatic heterocycles. The Bertz CT molecular complexity index is 897. The van der Waals surface area contributed by atoms with E-state index in [4.69, 9.17) is 11.6 Å². The van der Waals surface area contributed by atoms with Crippen LogP contribution in [0.25, 0.3) is 0 Å². The van der Waals surface area contributed by atoms with Crippen LogP contribution in [0.5, 0.6) is 0 Å². The lowest BCUT2D eigenvalue weighted by Crippen LogP contribution is -2.43. The van der Waals surface area contributed by atoms with Crippen molar-refractivity contribution < 1.29 is 13.2 Å². The number of carbonyl (C=O) groups is 1. The Kier molecular flexibility index (Phi) is 6.75. The van der Waals surface area contributed by atoms with Crippen molar-refractivity contribution in [2.45, 2.75) is 30.7 Å². The van der Waals surface area contributed by atoms with Crippen molar-refractivity contribution in [1.82, 2.24) is 9.21 Å². The first-order chi connectivity index (χ1) is 13.4. The van der Waals surface area contributed by atoms with Crippen molar-refractivity contribution in [3.8, 4) is 0 Å². The molecular weight excluding hydrogens is 396 g/mol. The second kappa shape index (κ2) is 9.07. The van der Waals surface area contributed by atoms with Crippen LogP contribution in [0.15, 0.2) is 59.5 Å². The first-order valence-electron chi connectivity index (χ1n) is 9.40. The number of benzene rings is 2. The summed E-state index contributed by atoms with van der Waals surface area (Å²) in [5.41, 5.74) is 1.04. The van der Waals surface area contributed by atoms with Crippen LogP contribution in [0.2, 0.25) is 5.02 Å². The van der Waals surface area contributed by atoms with Crippen molar-refractivity contribution in [3.63, 3.8) is 0 Å². The van der Waals surface area contributed by atoms with Crippen LogP contribution in [-0.2, 0) is 21.4 Å². The van der Waals surface area contributed by atoms with Crippen molar-refractivity contribution in [1.29, 1.82) is 0 Å². The third kappa shape index (κ3) is 5.13. The second-order valence-corrected chi connectivity index (χ2v) is 9.75. The lowest BCUT2D eigenvalue weighted by atomic mass is 9.85. The summed E-state index contributed by atoms with van der Waals surface area (Å²) in [4.78, 5) is 14.9. The van der Waals surface area contributed by atoms with Gasteiger partial charge in [-0.15, -0.1) is 0 Å². The van der Waals surface area contributed by atoms with Crippen molar-refractivity contribution >= 4 is 27.5 Å². The van der Waals surface area contributed by atoms with Gasteiger partial charge in [0.25, 0.3) is 0 Å². The molecule has 3 rings (SSSR count). The summed E-state index contributed by atoms with van der Waals surface area (Å²) >= 11 is 5.84. The van der Waals surface area contributed by atoms with Crippen LogP contribution in [-0.4, -0.2) is 43.7 Å². The molecule has 1 fully saturated rings. The van der Waals surface area contributed by atoms with E-state index in [0.717, 1.165) is 22.7 Å². The van der Waals surface area contributed by atoms with Gasteiger partial charge in [0, 0.05) is 25.2 Å². The highest BCUT2D eigenvalue weighted by Gasteiger charge is 2.28. The first kappa shape index (κ1) is 20.8. The predicted molar refractivity (Wildman–Crippen MR) is 110 cm³/mol. The van der Waals surface area contributed by atoms with E-state index in [2.05, 4.69) is 0 Å². The minimum atomic E-state index is -3.75. The van der Waals surface area contributed by atoms with E-state index in [9.17, 15) is 13.2 Å². The summed E-state index contributed by atoms with van der Waals surface area (Å²) in [6.07, 6.45) is 3.44. The Morgan fingerprint density at radius 3 is 2.29 bits per heavy atom. The fourth-order valence-electron chi connectivity index (χ4n) is 3.21. The van der Waals surface area contributed by atoms with Gasteiger partial charge in [-0.2, -0.15) is 4.31 Å². The van der Waals surface area contributed by atoms with Crippen LogP contribution in [0, 0.1) is 5.92 Å². The minimum Gasteiger partial charge on any atom is -0.337 e. The van der Waals surface area contributed by atoms with Crippen LogP contribution in [0.4, 0.5) is 0 Å². The molecule has 2 aromatic carbocycles. The van der Waals surface area contributed by atoms with Gasteiger partial charge in [0.1, 0.15) is 0 Å². The van der Waals surface area contributed by atoms with E-state index in [0.29, 0.717) is 24.0 Å². The smallest absolute Gasteiger partial charge is 0.243 e. The molecule has 0 spiro atoms. The zero-order chi connectivity index (χ0) is 20.1. The molecular formula is C21H25ClN2O3S. The van der Waals surface area contributed by atoms with Crippen molar-refractivity contribution in [2.24, 2.45) is 5.92 Å². The zero-order valence-corrected chi connectivity index (χ0v) is 17.5. The van der Waals surface area contributed by atoms with Crippen LogP contribution in [0.3, 0.4) is 0 Å². The summed E-state index contributed by atoms with van der Waals surface area (Å²) in [6.45, 7) is 0.970. The summed E-state index contributed by atoms with van der Waals surface area (Å²) in [7, 11) is -2.31. The monoisotopic (exact) mass is 420 g/mol. The molecule has 1 aliphatic carbocycles. The van der Waals surface area contributed by atoms with Gasteiger partial charge >= 0.3 is 0 Å². The third-order valence-electron chi connectivity index (χ3n) is 5.15. The average molecular weight is 421 g/mol. The van der Waals surface area contributed by atoms with Gasteiger partial charge in [-0.1, -0.05) is 48.4 Å². The Morgan fingerprint density at radius 2 is 1.71 bits per heavy atom. The van der Waals surface area contributed by atoms with Crippen molar-refractivity contribution in [3.05, 3.63) is 65.2 Å². The molecule has 28 heavy (non-hydrogen) atoms. The van der Waals surface area contributed by atoms with Crippen LogP contribution < -0.4 is 0 Å². The number of hydrogen-bond donors (Lipinski definition) is 0. The van der Waals surface area contributed by atoms with Gasteiger partial charge in [0.2, 0.25) is 15.9 Å². The second-order valence-electron chi connectivity index (χ2n) is 7.27. The summed E-state index contributed by atoms with van der Waals surface area (Å²) in [5.74, 6) is 0.321. The Hall–Kier alpha value is -1.89. The van der Waals surface area contributed by atoms with E-state index >= 15 is 0 Å². The molecule has 7 heteroatoms. The molecule has 1 amide bonds. The number of rotatable bonds is 8. The number of halogens is 1. The number of amides is 1. The molecule has 0 unspecified atom stereocenters. The van der Waals surface area contributed by atoms with Gasteiger partial charge in [0.05, 0.1) is 11.4 Å². The third-order valence-corrected chi connectivity index (χ3v) is 7.22. The lowest BCUT2D eigenvalue weighted by molar-refractivity contribution is -0.132. The number of sulfonamides is 1. The molecule has 1 saturated carbocycles. The topological polar surface area (TPSA) is 57.7 Å². The largest absolute Gasteiger partial charge is 0.337 e. The maximum absolute atomic E-state index is 13.0. The average Bonchev–Trinajstić information content (AvgIpc) is 2.64. The summed E-state index contributed by atoms with van der Waals surface area (Å²) < 4.78 is 26.6. The van der Waals surface area contributed by atoms with E-state index in [1.807, 2.05) is 30.3 Å². The Labute approximate surface area is 172 Å². The highest BCUT2D eigenvalue weighted by atomic mass is 35.5. The quantitative estimate of drug-likeness (QED) is 0.652. The highest BCUT2D eigenvalue weighted by Crippen LogP contribution is 2.28. The maximum Gasteiger partial charge on any atom is 0.243 e. The molecule has 150 valence electrons. The SMILES string of the molecule is CN(CC(=O)N(Cc1ccccc1)CC1CCC1)S(=O)(=O)c1ccc(Cl)cc1. The van der Waals surface area contributed by atoms with E-state index in [1.54, 1.807) is 4.90 Å². The van der Waals surface area contributed by atoms with Gasteiger partial charge in [0.15, 0.2) is 0 Å². The van der Waals surface area contributed by atoms with E-state index in [-0.39, 0.29) is 17.3 Å². The molecule has 2 aromatic rings. The fraction of sp³-hybridized carbons (Fsp3) is 0.381. The number of nitrogens with zero attached hydrogens (tertiary/aromatic N) is 2. The van der Waals surface area contributed by atoms with E-state index in [1.165, 1.54) is 37.7 Å². The minimum absolute atomic E-state index is 0.126. The molecule has 0 heterocycles. The molecule has 5 nitrogen and oxygen atoms in total. The molecule has 0 radical (unpaired) electrons. The van der Waals surface area contributed by atoms with Gasteiger partial charge in [-0.05, 0) is 48.6 Å². The number of hydrogen-bond acceptors (Lipinski definition) is 3. The van der Waals surface area contributed by atoms with Gasteiger partial charge < -0.3 is 4.90 Å². The molecule has 0 bridgehead atoms. The standard InChI is InChI=1S/C21H25ClN2O3S/c1-23(28(26,27)20-12-10-19(22)11-13-20)16-21(25)24(15-18-8-5-9-18)14-17-6-3-2-4-7-17/h2-4,6-7,10-13,18H,5,8-9,14-16H2,1H3. The fourth-order valence-corrected chi connectivity index (χ4v) is 4.45. The predicted octanol–water partition coefficient (Wildman–Crippen LogP) is 3.79. The molecule has 0 saturated heterocycles. The first-order valence-corrected chi connectivity index (χ1v) is 11.2. The molecule has 0 N–H and O–H groups in total. The van der Waals surface area contributed by atoms with Crippen molar-refractivity contribution in [2.75, 3.05) is 20.1 Å². The van der Waals surface area contributed by atoms with Crippen LogP contribution in [0.1, 0.15) is 24.8 Å². The molecule has 0 aromatic heterocycles. The van der Waals surface area contributed by atoms with Gasteiger partial charge in [-0.3, -0.25) is 4.79 Å². The lowest BCUT2D eigenvalue weighted by Gasteiger charge is -2.33. The van der Waals surface area contributed by atoms with Gasteiger partial charge in [-0.25, -0.2) is 8.42 Å². The summed E-state index contributed by atoms with van der Waals surface area (Å²) in [5, 5.41) is 0.465. The normalized spacial score (nSPS) is 14.7. The maximum atomic E-state index is 13.0. The molecule has 1 aliphatic rings. The molecule has 0 atom stereocenters. The Balaban J connectivity index is 1.71. The van der Waals surface area contributed by atoms with Crippen LogP contribution >= 0.6 is 11.6 Å². The highest BCUT2D eigenvalue weighted by molar-refractivity contribution is 7.89. The number of likely N-dealkylation sites (N-methyl/N-ethyl adjacent to an activating group) is 1. The zero-order valence-electron chi connectivity index (χ0n) is 15.9. The number of carbonyl (C=O) groups excluding carboxylic acids is 1. The Morgan fingerprint density at radius 1 is 1.07 bits per heavy atom.